The lowest BCUT2D eigenvalue weighted by Gasteiger charge is -2.20. The Morgan fingerprint density at radius 3 is 1.58 bits per heavy atom. The molecule has 0 atom stereocenters. The summed E-state index contributed by atoms with van der Waals surface area (Å²) in [5, 5.41) is 17.5. The summed E-state index contributed by atoms with van der Waals surface area (Å²) in [6.45, 7) is 14.6. The molecule has 8 heterocycles. The summed E-state index contributed by atoms with van der Waals surface area (Å²) in [5.41, 5.74) is 6.59. The maximum Gasteiger partial charge on any atom is 0.419 e. The fourth-order valence-electron chi connectivity index (χ4n) is 5.55. The smallest absolute Gasteiger partial charge is 0.419 e. The maximum atomic E-state index is 11.7. The second-order valence-corrected chi connectivity index (χ2v) is 20.6. The van der Waals surface area contributed by atoms with Crippen molar-refractivity contribution in [2.45, 2.75) is 70.6 Å². The van der Waals surface area contributed by atoms with E-state index in [2.05, 4.69) is 76.6 Å². The molecular formula is C53H57Cl5N12O14. The van der Waals surface area contributed by atoms with E-state index in [-0.39, 0.29) is 28.1 Å². The number of fused-ring (bicyclic) bond motifs is 2. The zero-order valence-corrected chi connectivity index (χ0v) is 49.9. The third-order valence-electron chi connectivity index (χ3n) is 8.90. The average molecular weight is 1260 g/mol. The number of nitrogens with one attached hydrogen (secondary N) is 5. The Morgan fingerprint density at radius 2 is 1.13 bits per heavy atom. The molecule has 0 fully saturated rings. The number of carbonyl (C=O) groups is 5. The fourth-order valence-corrected chi connectivity index (χ4v) is 6.30. The van der Waals surface area contributed by atoms with Crippen LogP contribution in [0.25, 0.3) is 21.8 Å². The summed E-state index contributed by atoms with van der Waals surface area (Å²) in [6, 6.07) is 13.4. The summed E-state index contributed by atoms with van der Waals surface area (Å²) < 4.78 is 21.1. The van der Waals surface area contributed by atoms with Gasteiger partial charge in [-0.3, -0.25) is 50.3 Å². The number of esters is 1. The number of pyridine rings is 7. The first kappa shape index (κ1) is 71.2. The van der Waals surface area contributed by atoms with Crippen LogP contribution in [0, 0.1) is 6.92 Å². The van der Waals surface area contributed by atoms with Crippen molar-refractivity contribution in [1.29, 1.82) is 0 Å². The minimum absolute atomic E-state index is 0.0651. The third-order valence-corrected chi connectivity index (χ3v) is 9.60. The van der Waals surface area contributed by atoms with Crippen LogP contribution in [-0.2, 0) is 18.9 Å². The number of nitrogen functional groups attached to an aromatic ring is 1. The lowest BCUT2D eigenvalue weighted by molar-refractivity contribution is 0.0522. The number of aryl methyl sites for hydroxylation is 1. The fraction of sp³-hybridized carbons (Fsp3) is 0.245. The van der Waals surface area contributed by atoms with Gasteiger partial charge in [-0.25, -0.2) is 33.6 Å². The van der Waals surface area contributed by atoms with Crippen molar-refractivity contribution < 1.29 is 52.4 Å². The maximum absolute atomic E-state index is 11.7. The van der Waals surface area contributed by atoms with Crippen molar-refractivity contribution in [1.82, 2.24) is 39.9 Å². The van der Waals surface area contributed by atoms with Gasteiger partial charge >= 0.3 is 44.9 Å². The number of alkyl halides is 3. The van der Waals surface area contributed by atoms with E-state index in [1.165, 1.54) is 43.2 Å². The molecule has 0 aromatic carbocycles. The summed E-state index contributed by atoms with van der Waals surface area (Å²) in [6.07, 6.45) is 17.6. The third kappa shape index (κ3) is 28.6. The van der Waals surface area contributed by atoms with E-state index in [9.17, 15) is 38.4 Å². The Balaban J connectivity index is 0.000000340. The number of aromatic amines is 2. The Hall–Kier alpha value is -8.95. The van der Waals surface area contributed by atoms with E-state index >= 15 is 0 Å². The first-order valence-electron chi connectivity index (χ1n) is 23.9. The summed E-state index contributed by atoms with van der Waals surface area (Å²) in [7, 11) is 1.67. The Bertz CT molecular complexity index is 3600. The first-order valence-corrected chi connectivity index (χ1v) is 25.8. The summed E-state index contributed by atoms with van der Waals surface area (Å²) >= 11 is 25.5. The van der Waals surface area contributed by atoms with Gasteiger partial charge in [-0.05, 0) is 144 Å². The van der Waals surface area contributed by atoms with Gasteiger partial charge in [0.15, 0.2) is 0 Å². The zero-order chi connectivity index (χ0) is 63.2. The van der Waals surface area contributed by atoms with Crippen LogP contribution in [0.15, 0.2) is 142 Å². The number of H-pyrrole nitrogens is 2. The molecule has 0 aliphatic carbocycles. The molecule has 31 heteroatoms. The van der Waals surface area contributed by atoms with E-state index in [0.29, 0.717) is 27.8 Å². The second-order valence-electron chi connectivity index (χ2n) is 17.7. The van der Waals surface area contributed by atoms with Crippen LogP contribution in [-0.4, -0.2) is 103 Å². The number of carbonyl (C=O) groups excluding carboxylic acids is 4. The van der Waals surface area contributed by atoms with Crippen LogP contribution >= 0.6 is 58.0 Å². The van der Waals surface area contributed by atoms with Crippen LogP contribution in [0.1, 0.15) is 74.7 Å². The number of amides is 2. The topological polar surface area (TPSA) is 378 Å². The van der Waals surface area contributed by atoms with Crippen LogP contribution in [0.4, 0.5) is 37.1 Å². The highest BCUT2D eigenvalue weighted by Gasteiger charge is 2.24. The van der Waals surface area contributed by atoms with E-state index in [0.717, 1.165) is 16.9 Å². The van der Waals surface area contributed by atoms with Crippen molar-refractivity contribution >= 4 is 132 Å². The number of aromatic carboxylic acids is 1. The Morgan fingerprint density at radius 1 is 0.655 bits per heavy atom. The van der Waals surface area contributed by atoms with Crippen molar-refractivity contribution in [2.75, 3.05) is 35.3 Å². The number of hydrogen-bond acceptors (Lipinski definition) is 21. The van der Waals surface area contributed by atoms with Crippen LogP contribution in [0.2, 0.25) is 5.02 Å². The molecule has 26 nitrogen and oxygen atoms in total. The van der Waals surface area contributed by atoms with Gasteiger partial charge in [0.2, 0.25) is 0 Å². The molecule has 8 aromatic rings. The van der Waals surface area contributed by atoms with E-state index < -0.39 is 61.7 Å². The van der Waals surface area contributed by atoms with Gasteiger partial charge in [-0.1, -0.05) is 11.6 Å². The molecule has 448 valence electrons. The summed E-state index contributed by atoms with van der Waals surface area (Å²) in [4.78, 5) is 116. The number of rotatable bonds is 6. The molecule has 0 unspecified atom stereocenters. The molecule has 0 aliphatic heterocycles. The monoisotopic (exact) mass is 1260 g/mol. The van der Waals surface area contributed by atoms with E-state index in [1.807, 2.05) is 48.5 Å². The van der Waals surface area contributed by atoms with Crippen molar-refractivity contribution in [3.05, 3.63) is 176 Å². The number of halogens is 5. The van der Waals surface area contributed by atoms with Gasteiger partial charge in [-0.15, -0.1) is 0 Å². The van der Waals surface area contributed by atoms with Crippen molar-refractivity contribution in [3.63, 3.8) is 0 Å². The minimum atomic E-state index is -2.04. The SMILES string of the molecule is CC(C)(C)OC(=O)Nc1ccncc1.CCOC(=O)c1c(Cl)c2cnccc2[nH]c1=O.CNc1ccncc1C(=O)O.Cc1cnccc1NC(=O)OC(C)(C)C.Nc1ccncc1.O=C(Cl)OC(Cl)(Cl)Cl.O=c1[nH]c2ccncc2c(=O)o1. The molecule has 0 spiro atoms. The van der Waals surface area contributed by atoms with Gasteiger partial charge in [0.05, 0.1) is 28.4 Å². The Labute approximate surface area is 503 Å². The average Bonchev–Trinajstić information content (AvgIpc) is 3.36. The van der Waals surface area contributed by atoms with Gasteiger partial charge in [0, 0.05) is 115 Å². The largest absolute Gasteiger partial charge is 0.478 e. The molecule has 8 rings (SSSR count). The predicted molar refractivity (Wildman–Crippen MR) is 319 cm³/mol. The van der Waals surface area contributed by atoms with E-state index in [1.54, 1.807) is 93.6 Å². The number of ether oxygens (including phenoxy) is 4. The number of anilines is 4. The van der Waals surface area contributed by atoms with Crippen LogP contribution < -0.4 is 38.6 Å². The summed E-state index contributed by atoms with van der Waals surface area (Å²) in [5.74, 6) is -2.45. The number of aromatic nitrogens is 8. The molecule has 0 saturated carbocycles. The van der Waals surface area contributed by atoms with Gasteiger partial charge in [0.1, 0.15) is 27.7 Å². The van der Waals surface area contributed by atoms with Crippen molar-refractivity contribution in [2.24, 2.45) is 0 Å². The van der Waals surface area contributed by atoms with Gasteiger partial charge < -0.3 is 44.5 Å². The Kier molecular flexibility index (Phi) is 29.8. The molecule has 8 N–H and O–H groups in total. The lowest BCUT2D eigenvalue weighted by Crippen LogP contribution is -2.27. The highest BCUT2D eigenvalue weighted by molar-refractivity contribution is 6.69. The first-order chi connectivity index (χ1) is 39.3. The molecule has 8 aromatic heterocycles. The molecule has 0 aliphatic rings. The van der Waals surface area contributed by atoms with Gasteiger partial charge in [-0.2, -0.15) is 0 Å². The number of carboxylic acids is 1. The van der Waals surface area contributed by atoms with Crippen LogP contribution in [0.5, 0.6) is 0 Å². The molecular weight excluding hydrogens is 1210 g/mol. The van der Waals surface area contributed by atoms with Gasteiger partial charge in [0.25, 0.3) is 5.56 Å². The number of hydrogen-bond donors (Lipinski definition) is 7. The van der Waals surface area contributed by atoms with Crippen molar-refractivity contribution in [3.8, 4) is 0 Å². The lowest BCUT2D eigenvalue weighted by atomic mass is 10.2. The highest BCUT2D eigenvalue weighted by atomic mass is 35.6. The zero-order valence-electron chi connectivity index (χ0n) is 46.2. The molecule has 0 radical (unpaired) electrons. The number of nitrogens with two attached hydrogens (primary N) is 1. The second kappa shape index (κ2) is 35.1. The quantitative estimate of drug-likeness (QED) is 0.0352. The minimum Gasteiger partial charge on any atom is -0.478 e. The highest BCUT2D eigenvalue weighted by Crippen LogP contribution is 2.28. The molecule has 2 amide bonds. The molecule has 0 bridgehead atoms. The predicted octanol–water partition coefficient (Wildman–Crippen LogP) is 11.0. The molecule has 84 heavy (non-hydrogen) atoms. The number of nitrogens with zero attached hydrogens (tertiary/aromatic N) is 6. The van der Waals surface area contributed by atoms with E-state index in [4.69, 9.17) is 71.5 Å². The standard InChI is InChI=1S/C11H9ClN2O3.C11H16N2O2.C10H14N2O2.C7H4N2O3.C7H8N2O2.C5H6N2.C2Cl4O2/c1-2-17-11(16)8-9(12)6-5-13-4-3-7(6)14-10(8)15;1-8-7-12-6-5-9(8)13-10(14)15-11(2,3)4;1-10(2,3)14-9(13)12-8-4-6-11-7-5-8;10-6-4-3-8-2-1-5(4)9-7(11)12-6;1-8-6-2-3-9-4-5(6)7(10)11;6-5-1-3-7-4-2-5;3-1(7)8-2(4,5)6/h3-5H,2H2,1H3,(H,14,15);5-7H,1-4H3,(H,12,13,14);4-7H,1-3H3,(H,11,12,13);1-3H,(H,9,11);2-4H,1H3,(H,8,9)(H,10,11);1-4H,(H2,6,7);. The normalized spacial score (nSPS) is 10.3. The number of carboxylic acid groups (broad SMARTS) is 1. The van der Waals surface area contributed by atoms with Crippen LogP contribution in [0.3, 0.4) is 0 Å². The molecule has 0 saturated heterocycles.